The van der Waals surface area contributed by atoms with E-state index in [1.807, 2.05) is 24.1 Å². The van der Waals surface area contributed by atoms with E-state index in [0.29, 0.717) is 11.6 Å². The van der Waals surface area contributed by atoms with Gasteiger partial charge in [-0.05, 0) is 19.1 Å². The van der Waals surface area contributed by atoms with E-state index in [2.05, 4.69) is 29.0 Å². The van der Waals surface area contributed by atoms with Gasteiger partial charge in [-0.25, -0.2) is 9.97 Å². The first-order chi connectivity index (χ1) is 7.66. The van der Waals surface area contributed by atoms with Gasteiger partial charge in [0.1, 0.15) is 0 Å². The quantitative estimate of drug-likeness (QED) is 0.832. The Morgan fingerprint density at radius 3 is 2.19 bits per heavy atom. The highest BCUT2D eigenvalue weighted by Gasteiger charge is 2.05. The molecule has 1 aromatic heterocycles. The fourth-order valence-corrected chi connectivity index (χ4v) is 1.39. The van der Waals surface area contributed by atoms with E-state index in [4.69, 9.17) is 5.73 Å². The fraction of sp³-hybridized carbons (Fsp3) is 0.167. The molecule has 0 fully saturated rings. The number of nitrogen functional groups attached to an aromatic ring is 1. The molecule has 0 aliphatic heterocycles. The largest absolute Gasteiger partial charge is 0.396 e. The molecule has 2 aromatic rings. The van der Waals surface area contributed by atoms with Crippen LogP contribution in [0.4, 0.5) is 17.3 Å². The van der Waals surface area contributed by atoms with E-state index in [-0.39, 0.29) is 0 Å². The minimum absolute atomic E-state index is 0.570. The van der Waals surface area contributed by atoms with Crippen molar-refractivity contribution in [3.63, 3.8) is 0 Å². The van der Waals surface area contributed by atoms with E-state index in [0.717, 1.165) is 5.69 Å². The summed E-state index contributed by atoms with van der Waals surface area (Å²) >= 11 is 0. The minimum Gasteiger partial charge on any atom is -0.396 e. The third-order valence-electron chi connectivity index (χ3n) is 2.38. The van der Waals surface area contributed by atoms with Gasteiger partial charge in [-0.2, -0.15) is 0 Å². The van der Waals surface area contributed by atoms with E-state index in [1.165, 1.54) is 5.56 Å². The molecule has 0 atom stereocenters. The molecular weight excluding hydrogens is 200 g/mol. The van der Waals surface area contributed by atoms with Crippen molar-refractivity contribution in [2.75, 3.05) is 17.7 Å². The molecule has 1 heterocycles. The third kappa shape index (κ3) is 2.11. The maximum atomic E-state index is 5.54. The second-order valence-electron chi connectivity index (χ2n) is 3.71. The molecule has 0 unspecified atom stereocenters. The van der Waals surface area contributed by atoms with Crippen molar-refractivity contribution in [3.05, 3.63) is 42.2 Å². The molecule has 4 heteroatoms. The molecule has 0 aliphatic carbocycles. The van der Waals surface area contributed by atoms with Gasteiger partial charge in [0.05, 0.1) is 18.1 Å². The average Bonchev–Trinajstić information content (AvgIpc) is 2.30. The predicted molar refractivity (Wildman–Crippen MR) is 65.7 cm³/mol. The maximum absolute atomic E-state index is 5.54. The number of anilines is 3. The highest BCUT2D eigenvalue weighted by Crippen LogP contribution is 2.19. The minimum atomic E-state index is 0.570. The van der Waals surface area contributed by atoms with Crippen LogP contribution < -0.4 is 10.6 Å². The summed E-state index contributed by atoms with van der Waals surface area (Å²) in [5.74, 6) is 0.637. The topological polar surface area (TPSA) is 55.0 Å². The highest BCUT2D eigenvalue weighted by atomic mass is 15.2. The van der Waals surface area contributed by atoms with Gasteiger partial charge in [0.25, 0.3) is 0 Å². The molecular formula is C12H14N4. The van der Waals surface area contributed by atoms with E-state index >= 15 is 0 Å². The van der Waals surface area contributed by atoms with Crippen LogP contribution in [0.2, 0.25) is 0 Å². The monoisotopic (exact) mass is 214 g/mol. The summed E-state index contributed by atoms with van der Waals surface area (Å²) in [6.45, 7) is 2.06. The summed E-state index contributed by atoms with van der Waals surface area (Å²) in [6, 6.07) is 8.19. The van der Waals surface area contributed by atoms with Crippen LogP contribution in [0.25, 0.3) is 0 Å². The van der Waals surface area contributed by atoms with Crippen LogP contribution in [0.3, 0.4) is 0 Å². The maximum Gasteiger partial charge on any atom is 0.229 e. The van der Waals surface area contributed by atoms with Gasteiger partial charge in [0, 0.05) is 12.7 Å². The lowest BCUT2D eigenvalue weighted by Gasteiger charge is -2.16. The second-order valence-corrected chi connectivity index (χ2v) is 3.71. The first kappa shape index (κ1) is 10.4. The molecule has 16 heavy (non-hydrogen) atoms. The number of nitrogens with two attached hydrogens (primary N) is 1. The Balaban J connectivity index is 2.28. The normalized spacial score (nSPS) is 10.1. The number of aryl methyl sites for hydroxylation is 1. The van der Waals surface area contributed by atoms with Crippen molar-refractivity contribution in [1.29, 1.82) is 0 Å². The molecule has 0 aliphatic rings. The van der Waals surface area contributed by atoms with Crippen LogP contribution in [-0.4, -0.2) is 17.0 Å². The Hall–Kier alpha value is -2.10. The summed E-state index contributed by atoms with van der Waals surface area (Å²) in [5.41, 5.74) is 8.40. The molecule has 0 saturated heterocycles. The third-order valence-corrected chi connectivity index (χ3v) is 2.38. The number of aromatic nitrogens is 2. The molecule has 1 aromatic carbocycles. The number of hydrogen-bond acceptors (Lipinski definition) is 4. The standard InChI is InChI=1S/C12H14N4/c1-9-3-5-11(6-4-9)16(2)12-14-7-10(13)8-15-12/h3-8H,13H2,1-2H3. The zero-order valence-electron chi connectivity index (χ0n) is 9.38. The Morgan fingerprint density at radius 1 is 1.06 bits per heavy atom. The van der Waals surface area contributed by atoms with Gasteiger partial charge in [0.15, 0.2) is 0 Å². The molecule has 0 amide bonds. The first-order valence-corrected chi connectivity index (χ1v) is 5.05. The number of rotatable bonds is 2. The molecule has 0 bridgehead atoms. The molecule has 4 nitrogen and oxygen atoms in total. The van der Waals surface area contributed by atoms with Crippen molar-refractivity contribution in [3.8, 4) is 0 Å². The SMILES string of the molecule is Cc1ccc(N(C)c2ncc(N)cn2)cc1. The lowest BCUT2D eigenvalue weighted by molar-refractivity contribution is 1.04. The predicted octanol–water partition coefficient (Wildman–Crippen LogP) is 2.14. The van der Waals surface area contributed by atoms with Crippen LogP contribution in [0.5, 0.6) is 0 Å². The van der Waals surface area contributed by atoms with Crippen molar-refractivity contribution in [2.24, 2.45) is 0 Å². The molecule has 0 radical (unpaired) electrons. The summed E-state index contributed by atoms with van der Waals surface area (Å²) in [5, 5.41) is 0. The van der Waals surface area contributed by atoms with Crippen LogP contribution >= 0.6 is 0 Å². The Labute approximate surface area is 94.8 Å². The van der Waals surface area contributed by atoms with E-state index in [9.17, 15) is 0 Å². The summed E-state index contributed by atoms with van der Waals surface area (Å²) in [6.07, 6.45) is 3.21. The summed E-state index contributed by atoms with van der Waals surface area (Å²) in [4.78, 5) is 10.2. The highest BCUT2D eigenvalue weighted by molar-refractivity contribution is 5.56. The number of benzene rings is 1. The van der Waals surface area contributed by atoms with E-state index < -0.39 is 0 Å². The van der Waals surface area contributed by atoms with Crippen molar-refractivity contribution < 1.29 is 0 Å². The Kier molecular flexibility index (Phi) is 2.72. The van der Waals surface area contributed by atoms with Crippen molar-refractivity contribution >= 4 is 17.3 Å². The second kappa shape index (κ2) is 4.18. The van der Waals surface area contributed by atoms with Crippen LogP contribution in [0, 0.1) is 6.92 Å². The number of hydrogen-bond donors (Lipinski definition) is 1. The van der Waals surface area contributed by atoms with Gasteiger partial charge in [-0.1, -0.05) is 17.7 Å². The van der Waals surface area contributed by atoms with Gasteiger partial charge < -0.3 is 10.6 Å². The fourth-order valence-electron chi connectivity index (χ4n) is 1.39. The van der Waals surface area contributed by atoms with Crippen LogP contribution in [0.1, 0.15) is 5.56 Å². The molecule has 2 N–H and O–H groups in total. The first-order valence-electron chi connectivity index (χ1n) is 5.05. The Morgan fingerprint density at radius 2 is 1.62 bits per heavy atom. The molecule has 0 spiro atoms. The lowest BCUT2D eigenvalue weighted by atomic mass is 10.2. The average molecular weight is 214 g/mol. The van der Waals surface area contributed by atoms with Gasteiger partial charge >= 0.3 is 0 Å². The van der Waals surface area contributed by atoms with Gasteiger partial charge in [0.2, 0.25) is 5.95 Å². The summed E-state index contributed by atoms with van der Waals surface area (Å²) in [7, 11) is 1.93. The van der Waals surface area contributed by atoms with Crippen molar-refractivity contribution in [2.45, 2.75) is 6.92 Å². The summed E-state index contributed by atoms with van der Waals surface area (Å²) < 4.78 is 0. The van der Waals surface area contributed by atoms with E-state index in [1.54, 1.807) is 12.4 Å². The lowest BCUT2D eigenvalue weighted by Crippen LogP contribution is -2.12. The number of nitrogens with zero attached hydrogens (tertiary/aromatic N) is 3. The van der Waals surface area contributed by atoms with Gasteiger partial charge in [-0.15, -0.1) is 0 Å². The van der Waals surface area contributed by atoms with Gasteiger partial charge in [-0.3, -0.25) is 0 Å². The van der Waals surface area contributed by atoms with Crippen LogP contribution in [-0.2, 0) is 0 Å². The molecule has 82 valence electrons. The zero-order valence-corrected chi connectivity index (χ0v) is 9.38. The molecule has 2 rings (SSSR count). The Bertz CT molecular complexity index is 416. The smallest absolute Gasteiger partial charge is 0.229 e. The zero-order chi connectivity index (χ0) is 11.5. The van der Waals surface area contributed by atoms with Crippen LogP contribution in [0.15, 0.2) is 36.7 Å². The molecule has 0 saturated carbocycles. The van der Waals surface area contributed by atoms with Crippen molar-refractivity contribution in [1.82, 2.24) is 9.97 Å².